The summed E-state index contributed by atoms with van der Waals surface area (Å²) in [5.74, 6) is 0. The molecule has 0 heterocycles. The van der Waals surface area contributed by atoms with Gasteiger partial charge in [-0.25, -0.2) is 16.8 Å². The first-order valence-corrected chi connectivity index (χ1v) is 9.78. The second kappa shape index (κ2) is 9.01. The molecule has 0 amide bonds. The van der Waals surface area contributed by atoms with Crippen molar-refractivity contribution in [1.29, 1.82) is 0 Å². The average molecular weight is 440 g/mol. The second-order valence-electron chi connectivity index (χ2n) is 2.76. The lowest BCUT2D eigenvalue weighted by molar-refractivity contribution is -0.0441. The molecule has 0 fully saturated rings. The van der Waals surface area contributed by atoms with Crippen LogP contribution in [0, 0.1) is 0 Å². The highest BCUT2D eigenvalue weighted by atomic mass is 32.3. The minimum Gasteiger partial charge on any atom is -0.212 e. The smallest absolute Gasteiger partial charge is 0.212 e. The van der Waals surface area contributed by atoms with Crippen molar-refractivity contribution in [3.63, 3.8) is 0 Å². The largest absolute Gasteiger partial charge is 0.512 e. The SMILES string of the molecule is C.C.CS(=O)(=O)NS(=O)(=O)C(F)(F)F.O=S(=O)(F)NS(=O)(=O)F. The maximum Gasteiger partial charge on any atom is 0.512 e. The molecule has 0 spiro atoms. The van der Waals surface area contributed by atoms with Gasteiger partial charge in [0.1, 0.15) is 0 Å². The summed E-state index contributed by atoms with van der Waals surface area (Å²) in [6.07, 6.45) is 0.302. The molecule has 0 aliphatic rings. The Labute approximate surface area is 130 Å². The third kappa shape index (κ3) is 19.3. The van der Waals surface area contributed by atoms with Crippen molar-refractivity contribution in [3.8, 4) is 0 Å². The molecule has 10 nitrogen and oxygen atoms in total. The molecule has 0 bridgehead atoms. The van der Waals surface area contributed by atoms with Crippen molar-refractivity contribution < 1.29 is 54.6 Å². The first kappa shape index (κ1) is 30.3. The summed E-state index contributed by atoms with van der Waals surface area (Å²) >= 11 is 0. The quantitative estimate of drug-likeness (QED) is 0.443. The van der Waals surface area contributed by atoms with Gasteiger partial charge < -0.3 is 0 Å². The van der Waals surface area contributed by atoms with Gasteiger partial charge in [-0.1, -0.05) is 26.8 Å². The van der Waals surface area contributed by atoms with E-state index in [1.54, 1.807) is 0 Å². The van der Waals surface area contributed by atoms with Crippen LogP contribution in [-0.2, 0) is 40.9 Å². The first-order chi connectivity index (χ1) is 8.66. The fourth-order valence-electron chi connectivity index (χ4n) is 0.365. The third-order valence-electron chi connectivity index (χ3n) is 0.765. The van der Waals surface area contributed by atoms with Gasteiger partial charge in [-0.2, -0.15) is 30.0 Å². The van der Waals surface area contributed by atoms with Crippen molar-refractivity contribution in [2.45, 2.75) is 20.4 Å². The van der Waals surface area contributed by atoms with Crippen LogP contribution in [0.1, 0.15) is 14.9 Å². The summed E-state index contributed by atoms with van der Waals surface area (Å²) in [4.78, 5) is 0. The van der Waals surface area contributed by atoms with Crippen LogP contribution < -0.4 is 8.25 Å². The Hall–Kier alpha value is -0.630. The van der Waals surface area contributed by atoms with Gasteiger partial charge in [0.2, 0.25) is 10.0 Å². The fraction of sp³-hybridized carbons (Fsp3) is 1.00. The van der Waals surface area contributed by atoms with Crippen LogP contribution in [-0.4, -0.2) is 45.4 Å². The normalized spacial score (nSPS) is 13.0. The average Bonchev–Trinajstić information content (AvgIpc) is 1.87. The predicted molar refractivity (Wildman–Crippen MR) is 69.6 cm³/mol. The minimum atomic E-state index is -5.79. The molecular weight excluding hydrogens is 427 g/mol. The van der Waals surface area contributed by atoms with Crippen molar-refractivity contribution in [2.75, 3.05) is 6.26 Å². The van der Waals surface area contributed by atoms with E-state index >= 15 is 0 Å². The topological polar surface area (TPSA) is 161 Å². The Balaban J connectivity index is -0.000000149. The summed E-state index contributed by atoms with van der Waals surface area (Å²) in [6, 6.07) is 0. The fourth-order valence-corrected chi connectivity index (χ4v) is 3.29. The molecule has 0 aromatic heterocycles. The summed E-state index contributed by atoms with van der Waals surface area (Å²) in [6.45, 7) is 0. The Kier molecular flexibility index (Phi) is 11.9. The van der Waals surface area contributed by atoms with Crippen molar-refractivity contribution in [2.24, 2.45) is 0 Å². The lowest BCUT2D eigenvalue weighted by atomic mass is 11.6. The van der Waals surface area contributed by atoms with Gasteiger partial charge in [0, 0.05) is 0 Å². The van der Waals surface area contributed by atoms with E-state index in [0.717, 1.165) is 0 Å². The molecule has 0 atom stereocenters. The second-order valence-corrected chi connectivity index (χ2v) is 8.86. The molecule has 146 valence electrons. The number of halogens is 5. The zero-order valence-electron chi connectivity index (χ0n) is 9.29. The molecule has 0 aliphatic carbocycles. The summed E-state index contributed by atoms with van der Waals surface area (Å²) in [5.41, 5.74) is -5.62. The van der Waals surface area contributed by atoms with Crippen LogP contribution in [0.4, 0.5) is 20.9 Å². The Bertz CT molecular complexity index is 735. The van der Waals surface area contributed by atoms with E-state index in [-0.39, 0.29) is 19.0 Å². The molecule has 19 heteroatoms. The maximum absolute atomic E-state index is 11.4. The monoisotopic (exact) mass is 440 g/mol. The summed E-state index contributed by atoms with van der Waals surface area (Å²) < 4.78 is 134. The van der Waals surface area contributed by atoms with Gasteiger partial charge in [0.15, 0.2) is 0 Å². The zero-order valence-corrected chi connectivity index (χ0v) is 12.6. The van der Waals surface area contributed by atoms with Crippen LogP contribution in [0.25, 0.3) is 0 Å². The molecule has 0 aliphatic heterocycles. The Morgan fingerprint density at radius 3 is 1.00 bits per heavy atom. The van der Waals surface area contributed by atoms with E-state index < -0.39 is 46.4 Å². The standard InChI is InChI=1S/C2H4F3NO4S2.2CH4.F2HNO4S2/c1-11(7,8)6-12(9,10)2(3,4)5;;;1-8(4,5)3-9(2,6)7/h6H,1H3;2*1H4;3H. The van der Waals surface area contributed by atoms with Gasteiger partial charge >= 0.3 is 36.4 Å². The zero-order chi connectivity index (χ0) is 17.9. The highest BCUT2D eigenvalue weighted by Crippen LogP contribution is 2.21. The van der Waals surface area contributed by atoms with E-state index in [1.807, 2.05) is 0 Å². The summed E-state index contributed by atoms with van der Waals surface area (Å²) in [7, 11) is -21.2. The van der Waals surface area contributed by atoms with E-state index in [9.17, 15) is 54.6 Å². The number of rotatable bonds is 4. The number of hydrogen-bond donors (Lipinski definition) is 2. The molecule has 0 unspecified atom stereocenters. The van der Waals surface area contributed by atoms with E-state index in [2.05, 4.69) is 0 Å². The van der Waals surface area contributed by atoms with Crippen LogP contribution in [0.5, 0.6) is 0 Å². The third-order valence-corrected chi connectivity index (χ3v) is 5.06. The molecule has 23 heavy (non-hydrogen) atoms. The number of nitrogens with one attached hydrogen (secondary N) is 2. The highest BCUT2D eigenvalue weighted by molar-refractivity contribution is 8.04. The van der Waals surface area contributed by atoms with Crippen LogP contribution in [0.3, 0.4) is 0 Å². The summed E-state index contributed by atoms with van der Waals surface area (Å²) in [5, 5.41) is 0. The molecule has 0 saturated carbocycles. The van der Waals surface area contributed by atoms with Crippen molar-refractivity contribution >= 4 is 40.9 Å². The number of alkyl halides is 3. The van der Waals surface area contributed by atoms with Gasteiger partial charge in [-0.15, -0.1) is 4.13 Å². The van der Waals surface area contributed by atoms with Crippen LogP contribution >= 0.6 is 0 Å². The lowest BCUT2D eigenvalue weighted by Crippen LogP contribution is -2.39. The minimum absolute atomic E-state index is 0. The molecule has 0 radical (unpaired) electrons. The Morgan fingerprint density at radius 1 is 0.696 bits per heavy atom. The number of sulfonamides is 2. The predicted octanol–water partition coefficient (Wildman–Crippen LogP) is -0.338. The maximum atomic E-state index is 11.4. The van der Waals surface area contributed by atoms with E-state index in [4.69, 9.17) is 0 Å². The van der Waals surface area contributed by atoms with E-state index in [1.165, 1.54) is 0 Å². The van der Waals surface area contributed by atoms with Gasteiger partial charge in [-0.05, 0) is 0 Å². The van der Waals surface area contributed by atoms with Crippen molar-refractivity contribution in [1.82, 2.24) is 8.25 Å². The Morgan fingerprint density at radius 2 is 0.957 bits per heavy atom. The molecular formula is C4H13F5N2O8S4. The molecule has 0 saturated heterocycles. The molecule has 0 aromatic carbocycles. The van der Waals surface area contributed by atoms with Gasteiger partial charge in [-0.3, -0.25) is 0 Å². The van der Waals surface area contributed by atoms with Crippen molar-refractivity contribution in [3.05, 3.63) is 0 Å². The molecule has 0 aromatic rings. The van der Waals surface area contributed by atoms with Crippen LogP contribution in [0.15, 0.2) is 0 Å². The van der Waals surface area contributed by atoms with E-state index in [0.29, 0.717) is 10.4 Å². The van der Waals surface area contributed by atoms with Gasteiger partial charge in [0.25, 0.3) is 0 Å². The first-order valence-electron chi connectivity index (χ1n) is 3.64. The molecule has 2 N–H and O–H groups in total. The highest BCUT2D eigenvalue weighted by Gasteiger charge is 2.47. The lowest BCUT2D eigenvalue weighted by Gasteiger charge is -2.06. The molecule has 0 rings (SSSR count). The van der Waals surface area contributed by atoms with Gasteiger partial charge in [0.05, 0.1) is 6.26 Å². The number of hydrogen-bond acceptors (Lipinski definition) is 8. The van der Waals surface area contributed by atoms with Crippen LogP contribution in [0.2, 0.25) is 0 Å².